The molecule has 41 heavy (non-hydrogen) atoms. The molecule has 2 fully saturated rings. The Morgan fingerprint density at radius 1 is 1.07 bits per heavy atom. The summed E-state index contributed by atoms with van der Waals surface area (Å²) >= 11 is 0. The predicted octanol–water partition coefficient (Wildman–Crippen LogP) is 4.23. The minimum atomic E-state index is -4.50. The molecular formula is C30H33F3N6O2. The number of piperazine rings is 1. The number of alkyl halides is 3. The lowest BCUT2D eigenvalue weighted by molar-refractivity contribution is -0.137. The molecule has 0 bridgehead atoms. The van der Waals surface area contributed by atoms with E-state index in [0.29, 0.717) is 85.7 Å². The zero-order valence-electron chi connectivity index (χ0n) is 23.2. The highest BCUT2D eigenvalue weighted by atomic mass is 19.4. The average molecular weight is 567 g/mol. The van der Waals surface area contributed by atoms with E-state index in [4.69, 9.17) is 14.7 Å². The highest BCUT2D eigenvalue weighted by Crippen LogP contribution is 2.47. The lowest BCUT2D eigenvalue weighted by Gasteiger charge is -2.43. The molecule has 0 saturated carbocycles. The summed E-state index contributed by atoms with van der Waals surface area (Å²) in [6, 6.07) is 7.84. The molecule has 0 atom stereocenters. The predicted molar refractivity (Wildman–Crippen MR) is 152 cm³/mol. The number of ether oxygens (including phenoxy) is 1. The quantitative estimate of drug-likeness (QED) is 0.429. The molecule has 3 aliphatic heterocycles. The number of fused-ring (bicyclic) bond motifs is 3. The Morgan fingerprint density at radius 3 is 2.49 bits per heavy atom. The number of carbonyl (C=O) groups excluding carboxylic acids is 1. The summed E-state index contributed by atoms with van der Waals surface area (Å²) in [5.41, 5.74) is 1.23. The lowest BCUT2D eigenvalue weighted by Crippen LogP contribution is -2.58. The van der Waals surface area contributed by atoms with Crippen LogP contribution in [0.2, 0.25) is 0 Å². The first kappa shape index (κ1) is 27.3. The second-order valence-electron chi connectivity index (χ2n) is 11.0. The molecule has 0 N–H and O–H groups in total. The van der Waals surface area contributed by atoms with Gasteiger partial charge in [-0.1, -0.05) is 24.8 Å². The molecule has 216 valence electrons. The number of carbonyl (C=O) groups is 1. The van der Waals surface area contributed by atoms with Crippen LogP contribution in [-0.4, -0.2) is 91.7 Å². The van der Waals surface area contributed by atoms with E-state index in [-0.39, 0.29) is 11.5 Å². The molecule has 1 aromatic heterocycles. The van der Waals surface area contributed by atoms with Gasteiger partial charge in [0.1, 0.15) is 11.6 Å². The van der Waals surface area contributed by atoms with Gasteiger partial charge in [-0.05, 0) is 56.3 Å². The smallest absolute Gasteiger partial charge is 0.417 e. The number of hydrogen-bond acceptors (Lipinski definition) is 7. The van der Waals surface area contributed by atoms with Gasteiger partial charge >= 0.3 is 6.18 Å². The average Bonchev–Trinajstić information content (AvgIpc) is 2.94. The van der Waals surface area contributed by atoms with Crippen molar-refractivity contribution in [1.29, 1.82) is 0 Å². The molecular weight excluding hydrogens is 533 g/mol. The minimum Gasteiger partial charge on any atom is -0.492 e. The van der Waals surface area contributed by atoms with Crippen molar-refractivity contribution in [1.82, 2.24) is 19.8 Å². The van der Waals surface area contributed by atoms with Gasteiger partial charge in [0.25, 0.3) is 0 Å². The number of benzene rings is 2. The summed E-state index contributed by atoms with van der Waals surface area (Å²) in [5, 5.41) is 0.713. The van der Waals surface area contributed by atoms with Crippen molar-refractivity contribution in [3.05, 3.63) is 54.1 Å². The van der Waals surface area contributed by atoms with Crippen LogP contribution in [0.5, 0.6) is 5.75 Å². The van der Waals surface area contributed by atoms with Crippen LogP contribution in [-0.2, 0) is 17.4 Å². The molecule has 6 rings (SSSR count). The Kier molecular flexibility index (Phi) is 7.01. The van der Waals surface area contributed by atoms with Crippen LogP contribution in [0, 0.1) is 0 Å². The molecule has 1 amide bonds. The number of amides is 1. The second kappa shape index (κ2) is 10.5. The van der Waals surface area contributed by atoms with Crippen LogP contribution >= 0.6 is 0 Å². The maximum Gasteiger partial charge on any atom is 0.417 e. The van der Waals surface area contributed by atoms with E-state index in [2.05, 4.69) is 21.3 Å². The number of anilines is 2. The van der Waals surface area contributed by atoms with Gasteiger partial charge in [-0.25, -0.2) is 4.98 Å². The first-order chi connectivity index (χ1) is 19.7. The number of likely N-dealkylation sites (N-methyl/N-ethyl adjacent to an activating group) is 1. The summed E-state index contributed by atoms with van der Waals surface area (Å²) in [4.78, 5) is 30.3. The summed E-state index contributed by atoms with van der Waals surface area (Å²) in [6.07, 6.45) is -1.89. The van der Waals surface area contributed by atoms with E-state index in [1.54, 1.807) is 17.0 Å². The molecule has 4 heterocycles. The SMILES string of the molecule is C=CC(=O)N1CCN(c2nc(N3CC(N(C)C)C3)nc3cc(-c4ccccc4C(F)(F)F)c4c(c23)OCCC4)CC1. The van der Waals surface area contributed by atoms with Gasteiger partial charge in [-0.2, -0.15) is 18.2 Å². The van der Waals surface area contributed by atoms with Gasteiger partial charge in [-0.15, -0.1) is 0 Å². The number of nitrogens with zero attached hydrogens (tertiary/aromatic N) is 6. The van der Waals surface area contributed by atoms with Crippen molar-refractivity contribution < 1.29 is 22.7 Å². The van der Waals surface area contributed by atoms with Crippen molar-refractivity contribution >= 4 is 28.6 Å². The molecule has 3 aliphatic rings. The molecule has 8 nitrogen and oxygen atoms in total. The maximum absolute atomic E-state index is 14.1. The van der Waals surface area contributed by atoms with E-state index >= 15 is 0 Å². The van der Waals surface area contributed by atoms with Gasteiger partial charge in [0.05, 0.1) is 23.1 Å². The normalized spacial score (nSPS) is 17.9. The number of aromatic nitrogens is 2. The van der Waals surface area contributed by atoms with Gasteiger partial charge in [0, 0.05) is 50.9 Å². The van der Waals surface area contributed by atoms with Crippen LogP contribution in [0.25, 0.3) is 22.0 Å². The zero-order valence-corrected chi connectivity index (χ0v) is 23.2. The van der Waals surface area contributed by atoms with Crippen LogP contribution < -0.4 is 14.5 Å². The standard InChI is InChI=1S/C30H33F3N6O2/c1-4-25(40)37-11-13-38(14-12-37)28-26-24(34-29(35-28)39-17-19(18-39)36(2)3)16-22(21-9-7-15-41-27(21)26)20-8-5-6-10-23(20)30(31,32)33/h4-6,8,10,16,19H,1,7,9,11-15,17-18H2,2-3H3. The molecule has 0 aliphatic carbocycles. The third-order valence-corrected chi connectivity index (χ3v) is 8.29. The van der Waals surface area contributed by atoms with E-state index < -0.39 is 11.7 Å². The molecule has 0 spiro atoms. The Bertz CT molecular complexity index is 1490. The maximum atomic E-state index is 14.1. The zero-order chi connectivity index (χ0) is 28.9. The van der Waals surface area contributed by atoms with E-state index in [9.17, 15) is 18.0 Å². The fourth-order valence-corrected chi connectivity index (χ4v) is 5.89. The first-order valence-corrected chi connectivity index (χ1v) is 13.9. The van der Waals surface area contributed by atoms with Crippen molar-refractivity contribution in [2.75, 3.05) is 69.8 Å². The third kappa shape index (κ3) is 4.96. The number of rotatable bonds is 5. The topological polar surface area (TPSA) is 65.0 Å². The van der Waals surface area contributed by atoms with Crippen molar-refractivity contribution in [3.8, 4) is 16.9 Å². The molecule has 3 aromatic rings. The molecule has 11 heteroatoms. The largest absolute Gasteiger partial charge is 0.492 e. The van der Waals surface area contributed by atoms with E-state index in [1.165, 1.54) is 18.2 Å². The van der Waals surface area contributed by atoms with Gasteiger partial charge in [-0.3, -0.25) is 4.79 Å². The minimum absolute atomic E-state index is 0.109. The first-order valence-electron chi connectivity index (χ1n) is 13.9. The second-order valence-corrected chi connectivity index (χ2v) is 11.0. The van der Waals surface area contributed by atoms with Crippen molar-refractivity contribution in [3.63, 3.8) is 0 Å². The molecule has 2 saturated heterocycles. The molecule has 0 radical (unpaired) electrons. The summed E-state index contributed by atoms with van der Waals surface area (Å²) < 4.78 is 48.6. The van der Waals surface area contributed by atoms with Crippen LogP contribution in [0.3, 0.4) is 0 Å². The molecule has 0 unspecified atom stereocenters. The van der Waals surface area contributed by atoms with Crippen LogP contribution in [0.15, 0.2) is 43.0 Å². The van der Waals surface area contributed by atoms with Gasteiger partial charge < -0.3 is 24.3 Å². The Hall–Kier alpha value is -3.86. The number of hydrogen-bond donors (Lipinski definition) is 0. The lowest BCUT2D eigenvalue weighted by atomic mass is 9.89. The fourth-order valence-electron chi connectivity index (χ4n) is 5.89. The number of halogens is 3. The van der Waals surface area contributed by atoms with Crippen molar-refractivity contribution in [2.24, 2.45) is 0 Å². The Balaban J connectivity index is 1.52. The fraction of sp³-hybridized carbons (Fsp3) is 0.433. The van der Waals surface area contributed by atoms with Gasteiger partial charge in [0.15, 0.2) is 0 Å². The highest BCUT2D eigenvalue weighted by Gasteiger charge is 2.36. The van der Waals surface area contributed by atoms with Crippen LogP contribution in [0.1, 0.15) is 17.5 Å². The summed E-state index contributed by atoms with van der Waals surface area (Å²) in [5.74, 6) is 1.68. The van der Waals surface area contributed by atoms with E-state index in [1.807, 2.05) is 14.1 Å². The highest BCUT2D eigenvalue weighted by molar-refractivity contribution is 6.01. The summed E-state index contributed by atoms with van der Waals surface area (Å²) in [6.45, 7) is 7.71. The van der Waals surface area contributed by atoms with E-state index in [0.717, 1.165) is 24.7 Å². The van der Waals surface area contributed by atoms with Crippen LogP contribution in [0.4, 0.5) is 24.9 Å². The Labute approximate surface area is 237 Å². The third-order valence-electron chi connectivity index (χ3n) is 8.29. The molecule has 2 aromatic carbocycles. The summed E-state index contributed by atoms with van der Waals surface area (Å²) in [7, 11) is 4.07. The van der Waals surface area contributed by atoms with Crippen molar-refractivity contribution in [2.45, 2.75) is 25.1 Å². The Morgan fingerprint density at radius 2 is 1.80 bits per heavy atom. The monoisotopic (exact) mass is 566 g/mol. The van der Waals surface area contributed by atoms with Gasteiger partial charge in [0.2, 0.25) is 11.9 Å².